The van der Waals surface area contributed by atoms with Gasteiger partial charge in [-0.3, -0.25) is 9.78 Å². The highest BCUT2D eigenvalue weighted by Gasteiger charge is 2.17. The van der Waals surface area contributed by atoms with Crippen molar-refractivity contribution in [2.24, 2.45) is 0 Å². The van der Waals surface area contributed by atoms with E-state index in [4.69, 9.17) is 0 Å². The van der Waals surface area contributed by atoms with Crippen molar-refractivity contribution in [1.82, 2.24) is 9.88 Å². The van der Waals surface area contributed by atoms with Gasteiger partial charge in [-0.05, 0) is 25.2 Å². The Labute approximate surface area is 138 Å². The van der Waals surface area contributed by atoms with E-state index in [1.807, 2.05) is 0 Å². The molecule has 1 aromatic heterocycles. The number of rotatable bonds is 3. The molecule has 0 aliphatic carbocycles. The van der Waals surface area contributed by atoms with E-state index in [0.29, 0.717) is 0 Å². The van der Waals surface area contributed by atoms with Crippen LogP contribution in [0.2, 0.25) is 0 Å². The summed E-state index contributed by atoms with van der Waals surface area (Å²) in [5, 5.41) is 2.28. The molecule has 126 valence electrons. The van der Waals surface area contributed by atoms with E-state index in [1.54, 1.807) is 12.3 Å². The van der Waals surface area contributed by atoms with Gasteiger partial charge in [0, 0.05) is 32.4 Å². The van der Waals surface area contributed by atoms with Crippen LogP contribution in [0.1, 0.15) is 10.4 Å². The van der Waals surface area contributed by atoms with Gasteiger partial charge >= 0.3 is 0 Å². The fourth-order valence-corrected chi connectivity index (χ4v) is 2.59. The number of amides is 1. The third kappa shape index (κ3) is 3.51. The standard InChI is InChI=1S/C17H18F2N4O/c1-22-5-7-23(8-6-22)13-9-12(10-20-11-13)17(24)21-16-14(18)3-2-4-15(16)19/h2-4,9-11H,5-8H2,1H3,(H,21,24). The van der Waals surface area contributed by atoms with Crippen LogP contribution in [0.4, 0.5) is 20.2 Å². The molecule has 0 bridgehead atoms. The van der Waals surface area contributed by atoms with E-state index in [1.165, 1.54) is 12.3 Å². The largest absolute Gasteiger partial charge is 0.368 e. The molecule has 0 saturated carbocycles. The lowest BCUT2D eigenvalue weighted by Gasteiger charge is -2.33. The van der Waals surface area contributed by atoms with E-state index in [-0.39, 0.29) is 5.56 Å². The molecule has 2 aromatic rings. The van der Waals surface area contributed by atoms with E-state index in [9.17, 15) is 13.6 Å². The van der Waals surface area contributed by atoms with E-state index in [2.05, 4.69) is 27.1 Å². The third-order valence-corrected chi connectivity index (χ3v) is 4.06. The minimum Gasteiger partial charge on any atom is -0.368 e. The molecule has 0 atom stereocenters. The average molecular weight is 332 g/mol. The Bertz CT molecular complexity index is 725. The van der Waals surface area contributed by atoms with Crippen molar-refractivity contribution in [3.05, 3.63) is 53.9 Å². The van der Waals surface area contributed by atoms with Gasteiger partial charge in [-0.2, -0.15) is 0 Å². The van der Waals surface area contributed by atoms with Crippen LogP contribution in [0.15, 0.2) is 36.7 Å². The molecule has 5 nitrogen and oxygen atoms in total. The number of nitrogens with one attached hydrogen (secondary N) is 1. The van der Waals surface area contributed by atoms with Crippen LogP contribution < -0.4 is 10.2 Å². The lowest BCUT2D eigenvalue weighted by atomic mass is 10.2. The Morgan fingerprint density at radius 1 is 1.12 bits per heavy atom. The number of halogens is 2. The zero-order valence-corrected chi connectivity index (χ0v) is 13.3. The first-order valence-corrected chi connectivity index (χ1v) is 7.68. The Morgan fingerprint density at radius 3 is 2.46 bits per heavy atom. The van der Waals surface area contributed by atoms with Gasteiger partial charge in [-0.1, -0.05) is 6.07 Å². The van der Waals surface area contributed by atoms with Gasteiger partial charge < -0.3 is 15.1 Å². The zero-order chi connectivity index (χ0) is 17.1. The predicted octanol–water partition coefficient (Wildman–Crippen LogP) is 2.36. The fraction of sp³-hybridized carbons (Fsp3) is 0.294. The molecular weight excluding hydrogens is 314 g/mol. The maximum atomic E-state index is 13.7. The Morgan fingerprint density at radius 2 is 1.79 bits per heavy atom. The van der Waals surface area contributed by atoms with Crippen LogP contribution in [0.25, 0.3) is 0 Å². The van der Waals surface area contributed by atoms with E-state index in [0.717, 1.165) is 44.0 Å². The number of nitrogens with zero attached hydrogens (tertiary/aromatic N) is 3. The molecule has 1 aliphatic heterocycles. The normalized spacial score (nSPS) is 15.4. The maximum absolute atomic E-state index is 13.7. The van der Waals surface area contributed by atoms with Crippen LogP contribution in [0.5, 0.6) is 0 Å². The average Bonchev–Trinajstić information content (AvgIpc) is 2.59. The molecule has 3 rings (SSSR count). The summed E-state index contributed by atoms with van der Waals surface area (Å²) in [6.45, 7) is 3.53. The molecule has 2 heterocycles. The number of piperazine rings is 1. The lowest BCUT2D eigenvalue weighted by Crippen LogP contribution is -2.44. The van der Waals surface area contributed by atoms with Crippen LogP contribution in [-0.2, 0) is 0 Å². The molecule has 0 spiro atoms. The summed E-state index contributed by atoms with van der Waals surface area (Å²) in [4.78, 5) is 20.7. The zero-order valence-electron chi connectivity index (χ0n) is 13.3. The summed E-state index contributed by atoms with van der Waals surface area (Å²) in [5.74, 6) is -2.22. The number of benzene rings is 1. The molecule has 1 aliphatic rings. The van der Waals surface area contributed by atoms with Crippen molar-refractivity contribution < 1.29 is 13.6 Å². The van der Waals surface area contributed by atoms with Crippen LogP contribution in [-0.4, -0.2) is 49.0 Å². The minimum absolute atomic E-state index is 0.258. The number of aromatic nitrogens is 1. The van der Waals surface area contributed by atoms with Crippen molar-refractivity contribution in [2.45, 2.75) is 0 Å². The number of carbonyl (C=O) groups is 1. The number of hydrogen-bond donors (Lipinski definition) is 1. The van der Waals surface area contributed by atoms with Gasteiger partial charge in [0.1, 0.15) is 17.3 Å². The van der Waals surface area contributed by atoms with Crippen LogP contribution in [0.3, 0.4) is 0 Å². The Balaban J connectivity index is 1.77. The molecule has 7 heteroatoms. The SMILES string of the molecule is CN1CCN(c2cncc(C(=O)Nc3c(F)cccc3F)c2)CC1. The molecule has 0 unspecified atom stereocenters. The minimum atomic E-state index is -0.813. The second-order valence-electron chi connectivity index (χ2n) is 5.77. The molecular formula is C17H18F2N4O. The summed E-state index contributed by atoms with van der Waals surface area (Å²) in [5.41, 5.74) is 0.631. The molecule has 1 fully saturated rings. The van der Waals surface area contributed by atoms with Crippen molar-refractivity contribution in [3.8, 4) is 0 Å². The number of hydrogen-bond acceptors (Lipinski definition) is 4. The van der Waals surface area contributed by atoms with Crippen LogP contribution >= 0.6 is 0 Å². The van der Waals surface area contributed by atoms with Gasteiger partial charge in [0.05, 0.1) is 17.4 Å². The van der Waals surface area contributed by atoms with Crippen molar-refractivity contribution in [3.63, 3.8) is 0 Å². The van der Waals surface area contributed by atoms with E-state index < -0.39 is 23.2 Å². The fourth-order valence-electron chi connectivity index (χ4n) is 2.59. The predicted molar refractivity (Wildman–Crippen MR) is 88.3 cm³/mol. The maximum Gasteiger partial charge on any atom is 0.257 e. The summed E-state index contributed by atoms with van der Waals surface area (Å²) in [6, 6.07) is 5.12. The van der Waals surface area contributed by atoms with Gasteiger partial charge in [0.2, 0.25) is 0 Å². The monoisotopic (exact) mass is 332 g/mol. The van der Waals surface area contributed by atoms with Gasteiger partial charge in [0.25, 0.3) is 5.91 Å². The van der Waals surface area contributed by atoms with Gasteiger partial charge in [-0.25, -0.2) is 8.78 Å². The van der Waals surface area contributed by atoms with E-state index >= 15 is 0 Å². The summed E-state index contributed by atoms with van der Waals surface area (Å²) < 4.78 is 27.3. The number of pyridine rings is 1. The van der Waals surface area contributed by atoms with Gasteiger partial charge in [0.15, 0.2) is 0 Å². The molecule has 1 N–H and O–H groups in total. The summed E-state index contributed by atoms with van der Waals surface area (Å²) in [7, 11) is 2.06. The molecule has 1 amide bonds. The first-order valence-electron chi connectivity index (χ1n) is 7.68. The van der Waals surface area contributed by atoms with Gasteiger partial charge in [-0.15, -0.1) is 0 Å². The third-order valence-electron chi connectivity index (χ3n) is 4.06. The second-order valence-corrected chi connectivity index (χ2v) is 5.77. The van der Waals surface area contributed by atoms with Crippen molar-refractivity contribution in [1.29, 1.82) is 0 Å². The molecule has 24 heavy (non-hydrogen) atoms. The molecule has 1 aromatic carbocycles. The van der Waals surface area contributed by atoms with Crippen LogP contribution in [0, 0.1) is 11.6 Å². The molecule has 0 radical (unpaired) electrons. The second kappa shape index (κ2) is 6.92. The number of carbonyl (C=O) groups excluding carboxylic acids is 1. The van der Waals surface area contributed by atoms with Crippen molar-refractivity contribution >= 4 is 17.3 Å². The highest BCUT2D eigenvalue weighted by Crippen LogP contribution is 2.21. The summed E-state index contributed by atoms with van der Waals surface area (Å²) >= 11 is 0. The first-order chi connectivity index (χ1) is 11.5. The highest BCUT2D eigenvalue weighted by atomic mass is 19.1. The summed E-state index contributed by atoms with van der Waals surface area (Å²) in [6.07, 6.45) is 3.07. The van der Waals surface area contributed by atoms with Crippen molar-refractivity contribution in [2.75, 3.05) is 43.4 Å². The topological polar surface area (TPSA) is 48.5 Å². The highest BCUT2D eigenvalue weighted by molar-refractivity contribution is 6.04. The smallest absolute Gasteiger partial charge is 0.257 e. The number of likely N-dealkylation sites (N-methyl/N-ethyl adjacent to an activating group) is 1. The lowest BCUT2D eigenvalue weighted by molar-refractivity contribution is 0.102. The Hall–Kier alpha value is -2.54. The quantitative estimate of drug-likeness (QED) is 0.937. The number of para-hydroxylation sites is 1. The first kappa shape index (κ1) is 16.3. The Kier molecular flexibility index (Phi) is 4.71. The molecule has 1 saturated heterocycles. The number of anilines is 2.